The number of amides is 2. The second-order valence-corrected chi connectivity index (χ2v) is 3.09. The number of carbonyl (C=O) groups is 2. The lowest BCUT2D eigenvalue weighted by Crippen LogP contribution is -2.41. The summed E-state index contributed by atoms with van der Waals surface area (Å²) >= 11 is 0. The van der Waals surface area contributed by atoms with E-state index in [0.29, 0.717) is 26.4 Å². The lowest BCUT2D eigenvalue weighted by Gasteiger charge is -2.15. The van der Waals surface area contributed by atoms with Crippen LogP contribution in [0.5, 0.6) is 0 Å². The Morgan fingerprint density at radius 2 is 2.00 bits per heavy atom. The van der Waals surface area contributed by atoms with E-state index in [4.69, 9.17) is 14.6 Å². The van der Waals surface area contributed by atoms with Crippen molar-refractivity contribution in [3.05, 3.63) is 0 Å². The highest BCUT2D eigenvalue weighted by Gasteiger charge is 2.10. The maximum absolute atomic E-state index is 11.2. The van der Waals surface area contributed by atoms with Crippen molar-refractivity contribution in [1.82, 2.24) is 10.2 Å². The van der Waals surface area contributed by atoms with Crippen molar-refractivity contribution in [3.8, 4) is 0 Å². The monoisotopic (exact) mass is 234 g/mol. The summed E-state index contributed by atoms with van der Waals surface area (Å²) in [6.45, 7) is 1.36. The molecule has 0 fully saturated rings. The molecular weight excluding hydrogens is 216 g/mol. The number of nitrogens with zero attached hydrogens (tertiary/aromatic N) is 1. The van der Waals surface area contributed by atoms with E-state index in [-0.39, 0.29) is 6.54 Å². The van der Waals surface area contributed by atoms with Crippen molar-refractivity contribution in [2.45, 2.75) is 0 Å². The van der Waals surface area contributed by atoms with Gasteiger partial charge in [0.05, 0.1) is 19.8 Å². The zero-order valence-electron chi connectivity index (χ0n) is 9.56. The summed E-state index contributed by atoms with van der Waals surface area (Å²) in [5.74, 6) is -1.05. The Balaban J connectivity index is 3.46. The zero-order chi connectivity index (χ0) is 12.4. The van der Waals surface area contributed by atoms with E-state index in [9.17, 15) is 9.59 Å². The molecule has 0 aromatic carbocycles. The van der Waals surface area contributed by atoms with Gasteiger partial charge >= 0.3 is 12.0 Å². The van der Waals surface area contributed by atoms with E-state index in [1.165, 1.54) is 7.05 Å². The van der Waals surface area contributed by atoms with Gasteiger partial charge in [0.25, 0.3) is 0 Å². The van der Waals surface area contributed by atoms with Gasteiger partial charge < -0.3 is 24.8 Å². The number of nitrogens with one attached hydrogen (secondary N) is 1. The summed E-state index contributed by atoms with van der Waals surface area (Å²) in [7, 11) is 2.99. The molecule has 0 bridgehead atoms. The highest BCUT2D eigenvalue weighted by Crippen LogP contribution is 1.84. The van der Waals surface area contributed by atoms with Gasteiger partial charge in [0.15, 0.2) is 0 Å². The van der Waals surface area contributed by atoms with Crippen LogP contribution in [-0.4, -0.2) is 69.1 Å². The first kappa shape index (κ1) is 14.7. The molecule has 0 saturated heterocycles. The van der Waals surface area contributed by atoms with Crippen LogP contribution < -0.4 is 5.32 Å². The predicted octanol–water partition coefficient (Wildman–Crippen LogP) is -0.625. The van der Waals surface area contributed by atoms with Crippen LogP contribution in [0.2, 0.25) is 0 Å². The van der Waals surface area contributed by atoms with Gasteiger partial charge in [-0.3, -0.25) is 4.79 Å². The predicted molar refractivity (Wildman–Crippen MR) is 56.4 cm³/mol. The van der Waals surface area contributed by atoms with Gasteiger partial charge in [-0.1, -0.05) is 0 Å². The van der Waals surface area contributed by atoms with Crippen molar-refractivity contribution in [2.24, 2.45) is 0 Å². The molecule has 0 radical (unpaired) electrons. The third kappa shape index (κ3) is 8.01. The minimum atomic E-state index is -1.05. The van der Waals surface area contributed by atoms with Crippen LogP contribution in [0, 0.1) is 0 Å². The van der Waals surface area contributed by atoms with Gasteiger partial charge in [-0.25, -0.2) is 4.79 Å². The fourth-order valence-corrected chi connectivity index (χ4v) is 0.884. The molecule has 0 aliphatic carbocycles. The van der Waals surface area contributed by atoms with Crippen molar-refractivity contribution >= 4 is 12.0 Å². The van der Waals surface area contributed by atoms with Crippen molar-refractivity contribution in [1.29, 1.82) is 0 Å². The SMILES string of the molecule is COCCOCCNC(=O)N(C)CC(=O)O. The number of hydrogen-bond donors (Lipinski definition) is 2. The van der Waals surface area contributed by atoms with Crippen LogP contribution in [0.15, 0.2) is 0 Å². The van der Waals surface area contributed by atoms with Gasteiger partial charge in [0.2, 0.25) is 0 Å². The zero-order valence-corrected chi connectivity index (χ0v) is 9.56. The van der Waals surface area contributed by atoms with Crippen LogP contribution in [-0.2, 0) is 14.3 Å². The summed E-state index contributed by atoms with van der Waals surface area (Å²) in [6, 6.07) is -0.433. The molecule has 0 aromatic rings. The Bertz CT molecular complexity index is 222. The minimum Gasteiger partial charge on any atom is -0.480 e. The fourth-order valence-electron chi connectivity index (χ4n) is 0.884. The summed E-state index contributed by atoms with van der Waals surface area (Å²) in [4.78, 5) is 22.6. The maximum atomic E-state index is 11.2. The smallest absolute Gasteiger partial charge is 0.323 e. The molecule has 0 aliphatic rings. The van der Waals surface area contributed by atoms with E-state index in [1.54, 1.807) is 7.11 Å². The Labute approximate surface area is 94.3 Å². The molecular formula is C9H18N2O5. The van der Waals surface area contributed by atoms with Crippen molar-refractivity contribution in [3.63, 3.8) is 0 Å². The maximum Gasteiger partial charge on any atom is 0.323 e. The normalized spacial score (nSPS) is 9.88. The summed E-state index contributed by atoms with van der Waals surface area (Å²) in [5.41, 5.74) is 0. The number of hydrogen-bond acceptors (Lipinski definition) is 4. The molecule has 7 heteroatoms. The van der Waals surface area contributed by atoms with Crippen LogP contribution >= 0.6 is 0 Å². The lowest BCUT2D eigenvalue weighted by atomic mass is 10.5. The van der Waals surface area contributed by atoms with Crippen molar-refractivity contribution < 1.29 is 24.2 Å². The topological polar surface area (TPSA) is 88.1 Å². The van der Waals surface area contributed by atoms with E-state index in [1.807, 2.05) is 0 Å². The second kappa shape index (κ2) is 8.93. The lowest BCUT2D eigenvalue weighted by molar-refractivity contribution is -0.137. The van der Waals surface area contributed by atoms with E-state index < -0.39 is 12.0 Å². The van der Waals surface area contributed by atoms with Gasteiger partial charge in [0.1, 0.15) is 6.54 Å². The largest absolute Gasteiger partial charge is 0.480 e. The Hall–Kier alpha value is -1.34. The molecule has 16 heavy (non-hydrogen) atoms. The van der Waals surface area contributed by atoms with E-state index in [2.05, 4.69) is 5.32 Å². The molecule has 0 unspecified atom stereocenters. The molecule has 94 valence electrons. The molecule has 2 amide bonds. The minimum absolute atomic E-state index is 0.323. The van der Waals surface area contributed by atoms with Gasteiger partial charge in [-0.05, 0) is 0 Å². The van der Waals surface area contributed by atoms with Crippen LogP contribution in [0.25, 0.3) is 0 Å². The Morgan fingerprint density at radius 1 is 1.31 bits per heavy atom. The van der Waals surface area contributed by atoms with E-state index in [0.717, 1.165) is 4.90 Å². The average molecular weight is 234 g/mol. The summed E-state index contributed by atoms with van der Waals surface area (Å²) < 4.78 is 9.88. The van der Waals surface area contributed by atoms with Crippen LogP contribution in [0.4, 0.5) is 4.79 Å². The fraction of sp³-hybridized carbons (Fsp3) is 0.778. The molecule has 0 aromatic heterocycles. The number of carbonyl (C=O) groups excluding carboxylic acids is 1. The molecule has 0 atom stereocenters. The number of likely N-dealkylation sites (N-methyl/N-ethyl adjacent to an activating group) is 1. The van der Waals surface area contributed by atoms with Gasteiger partial charge in [0, 0.05) is 20.7 Å². The molecule has 0 aliphatic heterocycles. The van der Waals surface area contributed by atoms with E-state index >= 15 is 0 Å². The summed E-state index contributed by atoms with van der Waals surface area (Å²) in [5, 5.41) is 11.0. The van der Waals surface area contributed by atoms with Crippen molar-refractivity contribution in [2.75, 3.05) is 47.1 Å². The quantitative estimate of drug-likeness (QED) is 0.546. The van der Waals surface area contributed by atoms with Crippen LogP contribution in [0.1, 0.15) is 0 Å². The molecule has 0 saturated carbocycles. The molecule has 2 N–H and O–H groups in total. The number of carboxylic acids is 1. The molecule has 7 nitrogen and oxygen atoms in total. The highest BCUT2D eigenvalue weighted by atomic mass is 16.5. The van der Waals surface area contributed by atoms with Crippen LogP contribution in [0.3, 0.4) is 0 Å². The number of methoxy groups -OCH3 is 1. The summed E-state index contributed by atoms with van der Waals surface area (Å²) in [6.07, 6.45) is 0. The third-order valence-corrected chi connectivity index (χ3v) is 1.67. The molecule has 0 spiro atoms. The van der Waals surface area contributed by atoms with Gasteiger partial charge in [-0.15, -0.1) is 0 Å². The molecule has 0 rings (SSSR count). The highest BCUT2D eigenvalue weighted by molar-refractivity contribution is 5.79. The molecule has 0 heterocycles. The first-order chi connectivity index (χ1) is 7.57. The number of urea groups is 1. The number of ether oxygens (including phenoxy) is 2. The first-order valence-electron chi connectivity index (χ1n) is 4.85. The first-order valence-corrected chi connectivity index (χ1v) is 4.85. The third-order valence-electron chi connectivity index (χ3n) is 1.67. The second-order valence-electron chi connectivity index (χ2n) is 3.09. The number of carboxylic acid groups (broad SMARTS) is 1. The standard InChI is InChI=1S/C9H18N2O5/c1-11(7-8(12)13)9(14)10-3-4-16-6-5-15-2/h3-7H2,1-2H3,(H,10,14)(H,12,13). The Kier molecular flexibility index (Phi) is 8.18. The van der Waals surface area contributed by atoms with Gasteiger partial charge in [-0.2, -0.15) is 0 Å². The average Bonchev–Trinajstić information content (AvgIpc) is 2.21. The number of aliphatic carboxylic acids is 1. The Morgan fingerprint density at radius 3 is 2.56 bits per heavy atom. The number of rotatable bonds is 8.